The van der Waals surface area contributed by atoms with Crippen molar-refractivity contribution in [2.75, 3.05) is 11.9 Å². The summed E-state index contributed by atoms with van der Waals surface area (Å²) in [6.45, 7) is 0.310. The van der Waals surface area contributed by atoms with Crippen LogP contribution < -0.4 is 5.32 Å². The van der Waals surface area contributed by atoms with E-state index in [1.54, 1.807) is 6.07 Å². The summed E-state index contributed by atoms with van der Waals surface area (Å²) in [6.07, 6.45) is -4.59. The maximum Gasteiger partial charge on any atom is 0.389 e. The zero-order chi connectivity index (χ0) is 13.6. The van der Waals surface area contributed by atoms with Gasteiger partial charge in [-0.15, -0.1) is 0 Å². The Hall–Kier alpha value is -1.77. The first-order valence-corrected chi connectivity index (χ1v) is 5.42. The van der Waals surface area contributed by atoms with E-state index in [0.717, 1.165) is 6.07 Å². The van der Waals surface area contributed by atoms with Crippen LogP contribution in [0.5, 0.6) is 0 Å². The minimum absolute atomic E-state index is 0.0247. The van der Waals surface area contributed by atoms with Crippen molar-refractivity contribution >= 4 is 5.69 Å². The molecule has 0 saturated carbocycles. The normalized spacial score (nSPS) is 11.1. The van der Waals surface area contributed by atoms with E-state index in [9.17, 15) is 17.6 Å². The van der Waals surface area contributed by atoms with Gasteiger partial charge in [0, 0.05) is 18.7 Å². The first-order chi connectivity index (χ1) is 8.40. The fourth-order valence-electron chi connectivity index (χ4n) is 1.44. The van der Waals surface area contributed by atoms with Crippen LogP contribution in [0.25, 0.3) is 0 Å². The molecule has 1 rings (SSSR count). The number of anilines is 1. The Morgan fingerprint density at radius 3 is 2.50 bits per heavy atom. The smallest absolute Gasteiger partial charge is 0.385 e. The van der Waals surface area contributed by atoms with Crippen molar-refractivity contribution in [2.24, 2.45) is 0 Å². The monoisotopic (exact) mass is 260 g/mol. The number of hydrogen-bond acceptors (Lipinski definition) is 2. The molecule has 0 spiro atoms. The molecule has 1 aromatic carbocycles. The van der Waals surface area contributed by atoms with Crippen LogP contribution in [0.3, 0.4) is 0 Å². The molecule has 6 heteroatoms. The third kappa shape index (κ3) is 5.53. The van der Waals surface area contributed by atoms with Crippen molar-refractivity contribution in [3.05, 3.63) is 29.6 Å². The zero-order valence-corrected chi connectivity index (χ0v) is 9.52. The number of rotatable bonds is 5. The molecule has 98 valence electrons. The summed E-state index contributed by atoms with van der Waals surface area (Å²) < 4.78 is 48.6. The number of hydrogen-bond donors (Lipinski definition) is 1. The molecule has 0 unspecified atom stereocenters. The molecule has 0 amide bonds. The lowest BCUT2D eigenvalue weighted by Gasteiger charge is -2.08. The molecule has 0 aliphatic rings. The summed E-state index contributed by atoms with van der Waals surface area (Å²) in [7, 11) is 0. The quantitative estimate of drug-likeness (QED) is 0.645. The number of nitrogens with one attached hydrogen (secondary N) is 1. The standard InChI is InChI=1S/C12H12F4N2/c13-10-5-9(8-17)6-11(7-10)18-4-2-1-3-12(14,15)16/h5-7,18H,1-4H2. The van der Waals surface area contributed by atoms with E-state index in [0.29, 0.717) is 18.7 Å². The zero-order valence-electron chi connectivity index (χ0n) is 9.52. The number of nitrogens with zero attached hydrogens (tertiary/aromatic N) is 1. The molecule has 0 saturated heterocycles. The minimum Gasteiger partial charge on any atom is -0.385 e. The second kappa shape index (κ2) is 6.24. The van der Waals surface area contributed by atoms with Crippen molar-refractivity contribution < 1.29 is 17.6 Å². The molecule has 0 fully saturated rings. The van der Waals surface area contributed by atoms with E-state index in [2.05, 4.69) is 5.32 Å². The number of halogens is 4. The highest BCUT2D eigenvalue weighted by Crippen LogP contribution is 2.22. The second-order valence-corrected chi connectivity index (χ2v) is 3.84. The molecule has 0 atom stereocenters. The van der Waals surface area contributed by atoms with Gasteiger partial charge in [-0.05, 0) is 31.0 Å². The van der Waals surface area contributed by atoms with Gasteiger partial charge in [0.2, 0.25) is 0 Å². The van der Waals surface area contributed by atoms with Crippen LogP contribution in [-0.4, -0.2) is 12.7 Å². The molecule has 0 heterocycles. The molecule has 18 heavy (non-hydrogen) atoms. The Balaban J connectivity index is 2.36. The van der Waals surface area contributed by atoms with Crippen molar-refractivity contribution in [1.29, 1.82) is 5.26 Å². The lowest BCUT2D eigenvalue weighted by Crippen LogP contribution is -2.08. The first-order valence-electron chi connectivity index (χ1n) is 5.42. The van der Waals surface area contributed by atoms with E-state index in [1.165, 1.54) is 12.1 Å². The summed E-state index contributed by atoms with van der Waals surface area (Å²) in [5, 5.41) is 11.4. The molecule has 0 radical (unpaired) electrons. The van der Waals surface area contributed by atoms with Crippen LogP contribution in [0.4, 0.5) is 23.2 Å². The molecule has 0 aliphatic heterocycles. The predicted molar refractivity (Wildman–Crippen MR) is 59.5 cm³/mol. The van der Waals surface area contributed by atoms with Crippen molar-refractivity contribution in [2.45, 2.75) is 25.4 Å². The highest BCUT2D eigenvalue weighted by atomic mass is 19.4. The Morgan fingerprint density at radius 1 is 1.17 bits per heavy atom. The summed E-state index contributed by atoms with van der Waals surface area (Å²) in [5.74, 6) is -0.549. The van der Waals surface area contributed by atoms with Crippen molar-refractivity contribution in [1.82, 2.24) is 0 Å². The molecular weight excluding hydrogens is 248 g/mol. The summed E-state index contributed by atoms with van der Waals surface area (Å²) in [6, 6.07) is 5.54. The fraction of sp³-hybridized carbons (Fsp3) is 0.417. The first kappa shape index (κ1) is 14.3. The van der Waals surface area contributed by atoms with Gasteiger partial charge >= 0.3 is 6.18 Å². The third-order valence-electron chi connectivity index (χ3n) is 2.24. The fourth-order valence-corrected chi connectivity index (χ4v) is 1.44. The van der Waals surface area contributed by atoms with Gasteiger partial charge in [-0.2, -0.15) is 18.4 Å². The van der Waals surface area contributed by atoms with Gasteiger partial charge in [-0.1, -0.05) is 0 Å². The summed E-state index contributed by atoms with van der Waals surface area (Å²) in [5.41, 5.74) is 0.575. The number of nitriles is 1. The van der Waals surface area contributed by atoms with Crippen LogP contribution in [0.15, 0.2) is 18.2 Å². The SMILES string of the molecule is N#Cc1cc(F)cc(NCCCCC(F)(F)F)c1. The summed E-state index contributed by atoms with van der Waals surface area (Å²) in [4.78, 5) is 0. The average molecular weight is 260 g/mol. The van der Waals surface area contributed by atoms with Crippen LogP contribution in [0.2, 0.25) is 0 Å². The van der Waals surface area contributed by atoms with Crippen LogP contribution >= 0.6 is 0 Å². The van der Waals surface area contributed by atoms with Gasteiger partial charge in [0.05, 0.1) is 11.6 Å². The third-order valence-corrected chi connectivity index (χ3v) is 2.24. The van der Waals surface area contributed by atoms with E-state index < -0.39 is 18.4 Å². The maximum absolute atomic E-state index is 13.0. The van der Waals surface area contributed by atoms with Gasteiger partial charge in [-0.3, -0.25) is 0 Å². The van der Waals surface area contributed by atoms with Gasteiger partial charge in [0.15, 0.2) is 0 Å². The van der Waals surface area contributed by atoms with Gasteiger partial charge in [0.1, 0.15) is 5.82 Å². The lowest BCUT2D eigenvalue weighted by molar-refractivity contribution is -0.135. The Kier molecular flexibility index (Phi) is 4.95. The van der Waals surface area contributed by atoms with Gasteiger partial charge in [0.25, 0.3) is 0 Å². The molecule has 1 N–H and O–H groups in total. The number of alkyl halides is 3. The largest absolute Gasteiger partial charge is 0.389 e. The highest BCUT2D eigenvalue weighted by Gasteiger charge is 2.25. The second-order valence-electron chi connectivity index (χ2n) is 3.84. The summed E-state index contributed by atoms with van der Waals surface area (Å²) >= 11 is 0. The van der Waals surface area contributed by atoms with Crippen molar-refractivity contribution in [3.63, 3.8) is 0 Å². The van der Waals surface area contributed by atoms with Crippen LogP contribution in [0.1, 0.15) is 24.8 Å². The molecule has 0 aliphatic carbocycles. The van der Waals surface area contributed by atoms with E-state index >= 15 is 0 Å². The van der Waals surface area contributed by atoms with E-state index in [-0.39, 0.29) is 12.0 Å². The van der Waals surface area contributed by atoms with E-state index in [1.807, 2.05) is 0 Å². The molecule has 2 nitrogen and oxygen atoms in total. The molecule has 1 aromatic rings. The number of benzene rings is 1. The Morgan fingerprint density at radius 2 is 1.89 bits per heavy atom. The Bertz CT molecular complexity index is 435. The molecular formula is C12H12F4N2. The van der Waals surface area contributed by atoms with Gasteiger partial charge < -0.3 is 5.32 Å². The molecule has 0 aromatic heterocycles. The topological polar surface area (TPSA) is 35.8 Å². The van der Waals surface area contributed by atoms with Crippen molar-refractivity contribution in [3.8, 4) is 6.07 Å². The average Bonchev–Trinajstić information content (AvgIpc) is 2.26. The maximum atomic E-state index is 13.0. The lowest BCUT2D eigenvalue weighted by atomic mass is 10.2. The molecule has 0 bridgehead atoms. The highest BCUT2D eigenvalue weighted by molar-refractivity contribution is 5.49. The Labute approximate surface area is 102 Å². The predicted octanol–water partition coefficient (Wildman–Crippen LogP) is 3.84. The van der Waals surface area contributed by atoms with E-state index in [4.69, 9.17) is 5.26 Å². The van der Waals surface area contributed by atoms with Crippen LogP contribution in [-0.2, 0) is 0 Å². The van der Waals surface area contributed by atoms with Crippen LogP contribution in [0, 0.1) is 17.1 Å². The minimum atomic E-state index is -4.13. The van der Waals surface area contributed by atoms with Gasteiger partial charge in [-0.25, -0.2) is 4.39 Å². The number of unbranched alkanes of at least 4 members (excludes halogenated alkanes) is 1.